The van der Waals surface area contributed by atoms with Gasteiger partial charge in [0, 0.05) is 17.3 Å². The highest BCUT2D eigenvalue weighted by Gasteiger charge is 2.36. The zero-order valence-corrected chi connectivity index (χ0v) is 22.5. The third-order valence-electron chi connectivity index (χ3n) is 6.09. The number of hydrogen-bond acceptors (Lipinski definition) is 8. The second-order valence-electron chi connectivity index (χ2n) is 8.86. The Hall–Kier alpha value is -4.70. The lowest BCUT2D eigenvalue weighted by molar-refractivity contribution is -0.127. The number of hydrogen-bond donors (Lipinski definition) is 1. The lowest BCUT2D eigenvalue weighted by Crippen LogP contribution is -2.36. The molecule has 204 valence electrons. The Labute approximate surface area is 235 Å². The number of carbonyl (C=O) groups is 3. The van der Waals surface area contributed by atoms with Crippen molar-refractivity contribution in [3.8, 4) is 23.0 Å². The zero-order chi connectivity index (χ0) is 28.1. The van der Waals surface area contributed by atoms with Crippen LogP contribution in [0.5, 0.6) is 23.0 Å². The minimum Gasteiger partial charge on any atom is -0.493 e. The summed E-state index contributed by atoms with van der Waals surface area (Å²) >= 11 is 0.775. The van der Waals surface area contributed by atoms with Crippen LogP contribution in [0.25, 0.3) is 6.08 Å². The predicted octanol–water partition coefficient (Wildman–Crippen LogP) is 5.41. The van der Waals surface area contributed by atoms with E-state index in [-0.39, 0.29) is 11.7 Å². The van der Waals surface area contributed by atoms with Crippen molar-refractivity contribution in [1.82, 2.24) is 4.90 Å². The fourth-order valence-corrected chi connectivity index (χ4v) is 5.06. The number of rotatable bonds is 10. The summed E-state index contributed by atoms with van der Waals surface area (Å²) in [6, 6.07) is 18.3. The first-order valence-electron chi connectivity index (χ1n) is 12.4. The van der Waals surface area contributed by atoms with E-state index in [2.05, 4.69) is 11.9 Å². The Morgan fingerprint density at radius 3 is 2.67 bits per heavy atom. The summed E-state index contributed by atoms with van der Waals surface area (Å²) in [5.41, 5.74) is 2.94. The standard InChI is InChI=1S/C30H26N2O7S/c1-3-7-21-12-20(13-25(36-2)28(21)37-17-19-8-5-4-6-9-19)14-26-29(34)32(30(35)40-26)16-27(33)31-22-10-11-23-24(15-22)39-18-38-23/h3-6,8-15H,1,7,16-18H2,2H3,(H,31,33). The van der Waals surface area contributed by atoms with Crippen molar-refractivity contribution in [2.75, 3.05) is 25.8 Å². The Morgan fingerprint density at radius 2 is 1.90 bits per heavy atom. The second-order valence-corrected chi connectivity index (χ2v) is 9.86. The highest BCUT2D eigenvalue weighted by atomic mass is 32.2. The third kappa shape index (κ3) is 5.97. The minimum absolute atomic E-state index is 0.111. The first kappa shape index (κ1) is 26.9. The van der Waals surface area contributed by atoms with E-state index in [1.54, 1.807) is 43.5 Å². The van der Waals surface area contributed by atoms with Crippen LogP contribution < -0.4 is 24.3 Å². The van der Waals surface area contributed by atoms with Gasteiger partial charge in [0.25, 0.3) is 11.1 Å². The molecule has 1 fully saturated rings. The van der Waals surface area contributed by atoms with Gasteiger partial charge in [0.1, 0.15) is 13.2 Å². The highest BCUT2D eigenvalue weighted by Crippen LogP contribution is 2.38. The van der Waals surface area contributed by atoms with Gasteiger partial charge in [-0.15, -0.1) is 6.58 Å². The molecule has 10 heteroatoms. The van der Waals surface area contributed by atoms with E-state index in [4.69, 9.17) is 18.9 Å². The average Bonchev–Trinajstić information content (AvgIpc) is 3.52. The predicted molar refractivity (Wildman–Crippen MR) is 152 cm³/mol. The van der Waals surface area contributed by atoms with Gasteiger partial charge < -0.3 is 24.3 Å². The maximum Gasteiger partial charge on any atom is 0.294 e. The van der Waals surface area contributed by atoms with Crippen LogP contribution in [0.15, 0.2) is 78.2 Å². The Bertz CT molecular complexity index is 1500. The van der Waals surface area contributed by atoms with E-state index < -0.39 is 23.6 Å². The number of carbonyl (C=O) groups excluding carboxylic acids is 3. The molecule has 3 aromatic rings. The fourth-order valence-electron chi connectivity index (χ4n) is 4.23. The van der Waals surface area contributed by atoms with Crippen molar-refractivity contribution < 1.29 is 33.3 Å². The van der Waals surface area contributed by atoms with Gasteiger partial charge in [-0.3, -0.25) is 19.3 Å². The van der Waals surface area contributed by atoms with E-state index in [0.717, 1.165) is 27.8 Å². The SMILES string of the molecule is C=CCc1cc(C=C2SC(=O)N(CC(=O)Nc3ccc4c(c3)OCO4)C2=O)cc(OC)c1OCc1ccccc1. The molecule has 40 heavy (non-hydrogen) atoms. The van der Waals surface area contributed by atoms with Gasteiger partial charge in [-0.05, 0) is 59.7 Å². The fraction of sp³-hybridized carbons (Fsp3) is 0.167. The van der Waals surface area contributed by atoms with Crippen LogP contribution >= 0.6 is 11.8 Å². The first-order chi connectivity index (χ1) is 19.4. The van der Waals surface area contributed by atoms with Crippen molar-refractivity contribution in [1.29, 1.82) is 0 Å². The molecule has 1 saturated heterocycles. The van der Waals surface area contributed by atoms with Crippen LogP contribution in [0.2, 0.25) is 0 Å². The van der Waals surface area contributed by atoms with Crippen molar-refractivity contribution in [2.24, 2.45) is 0 Å². The smallest absolute Gasteiger partial charge is 0.294 e. The van der Waals surface area contributed by atoms with E-state index in [1.807, 2.05) is 36.4 Å². The number of benzene rings is 3. The van der Waals surface area contributed by atoms with Crippen LogP contribution in [0.3, 0.4) is 0 Å². The van der Waals surface area contributed by atoms with Crippen LogP contribution in [0.1, 0.15) is 16.7 Å². The molecule has 1 N–H and O–H groups in total. The number of ether oxygens (including phenoxy) is 4. The van der Waals surface area contributed by atoms with Crippen LogP contribution in [-0.4, -0.2) is 42.4 Å². The van der Waals surface area contributed by atoms with Gasteiger partial charge in [-0.1, -0.05) is 36.4 Å². The molecular weight excluding hydrogens is 532 g/mol. The lowest BCUT2D eigenvalue weighted by Gasteiger charge is -2.16. The maximum absolute atomic E-state index is 13.1. The Morgan fingerprint density at radius 1 is 1.10 bits per heavy atom. The third-order valence-corrected chi connectivity index (χ3v) is 7.00. The van der Waals surface area contributed by atoms with Crippen LogP contribution in [0.4, 0.5) is 10.5 Å². The summed E-state index contributed by atoms with van der Waals surface area (Å²) in [7, 11) is 1.54. The van der Waals surface area contributed by atoms with E-state index >= 15 is 0 Å². The summed E-state index contributed by atoms with van der Waals surface area (Å²) in [6.45, 7) is 3.88. The molecule has 5 rings (SSSR count). The summed E-state index contributed by atoms with van der Waals surface area (Å²) in [6.07, 6.45) is 3.86. The van der Waals surface area contributed by atoms with Gasteiger partial charge in [-0.25, -0.2) is 0 Å². The molecule has 0 aromatic heterocycles. The molecule has 0 radical (unpaired) electrons. The van der Waals surface area contributed by atoms with Crippen molar-refractivity contribution in [3.05, 3.63) is 94.9 Å². The lowest BCUT2D eigenvalue weighted by atomic mass is 10.0. The number of imide groups is 1. The maximum atomic E-state index is 13.1. The molecule has 2 aliphatic heterocycles. The quantitative estimate of drug-likeness (QED) is 0.260. The first-order valence-corrected chi connectivity index (χ1v) is 13.2. The number of fused-ring (bicyclic) bond motifs is 1. The van der Waals surface area contributed by atoms with Gasteiger partial charge in [0.15, 0.2) is 23.0 Å². The number of nitrogens with zero attached hydrogens (tertiary/aromatic N) is 1. The molecule has 0 aliphatic carbocycles. The molecule has 3 amide bonds. The normalized spacial score (nSPS) is 14.9. The van der Waals surface area contributed by atoms with Crippen LogP contribution in [-0.2, 0) is 22.6 Å². The summed E-state index contributed by atoms with van der Waals surface area (Å²) in [5.74, 6) is 1.09. The number of nitrogens with one attached hydrogen (secondary N) is 1. The van der Waals surface area contributed by atoms with E-state index in [1.165, 1.54) is 0 Å². The van der Waals surface area contributed by atoms with Gasteiger partial charge in [0.2, 0.25) is 12.7 Å². The van der Waals surface area contributed by atoms with E-state index in [0.29, 0.717) is 47.3 Å². The monoisotopic (exact) mass is 558 g/mol. The minimum atomic E-state index is -0.551. The summed E-state index contributed by atoms with van der Waals surface area (Å²) in [4.78, 5) is 39.5. The number of thioether (sulfide) groups is 1. The highest BCUT2D eigenvalue weighted by molar-refractivity contribution is 8.18. The Kier molecular flexibility index (Phi) is 8.07. The molecule has 2 aliphatic rings. The number of allylic oxidation sites excluding steroid dienone is 1. The van der Waals surface area contributed by atoms with Crippen molar-refractivity contribution in [2.45, 2.75) is 13.0 Å². The summed E-state index contributed by atoms with van der Waals surface area (Å²) in [5, 5.41) is 2.15. The topological polar surface area (TPSA) is 103 Å². The molecule has 0 bridgehead atoms. The van der Waals surface area contributed by atoms with Crippen molar-refractivity contribution >= 4 is 40.6 Å². The van der Waals surface area contributed by atoms with Gasteiger partial charge in [0.05, 0.1) is 12.0 Å². The molecule has 2 heterocycles. The molecule has 0 spiro atoms. The second kappa shape index (κ2) is 12.0. The van der Waals surface area contributed by atoms with Crippen molar-refractivity contribution in [3.63, 3.8) is 0 Å². The van der Waals surface area contributed by atoms with Crippen LogP contribution in [0, 0.1) is 0 Å². The molecule has 3 aromatic carbocycles. The number of anilines is 1. The zero-order valence-electron chi connectivity index (χ0n) is 21.7. The summed E-state index contributed by atoms with van der Waals surface area (Å²) < 4.78 is 22.3. The molecule has 9 nitrogen and oxygen atoms in total. The number of methoxy groups -OCH3 is 1. The largest absolute Gasteiger partial charge is 0.493 e. The number of amides is 3. The van der Waals surface area contributed by atoms with E-state index in [9.17, 15) is 14.4 Å². The van der Waals surface area contributed by atoms with Gasteiger partial charge >= 0.3 is 0 Å². The molecule has 0 atom stereocenters. The molecular formula is C30H26N2O7S. The molecule has 0 saturated carbocycles. The molecule has 0 unspecified atom stereocenters. The van der Waals surface area contributed by atoms with Gasteiger partial charge in [-0.2, -0.15) is 0 Å². The average molecular weight is 559 g/mol. The Balaban J connectivity index is 1.31.